The first-order valence-electron chi connectivity index (χ1n) is 10.1. The Labute approximate surface area is 208 Å². The summed E-state index contributed by atoms with van der Waals surface area (Å²) in [5.74, 6) is -1.87. The minimum Gasteiger partial charge on any atom is -0.369 e. The third-order valence-electron chi connectivity index (χ3n) is 5.39. The highest BCUT2D eigenvalue weighted by Gasteiger charge is 2.34. The number of rotatable bonds is 6. The van der Waals surface area contributed by atoms with E-state index in [2.05, 4.69) is 10.1 Å². The van der Waals surface area contributed by atoms with Crippen LogP contribution in [-0.4, -0.2) is 29.1 Å². The quantitative estimate of drug-likeness (QED) is 0.386. The lowest BCUT2D eigenvalue weighted by atomic mass is 9.90. The fourth-order valence-electron chi connectivity index (χ4n) is 3.80. The van der Waals surface area contributed by atoms with Crippen LogP contribution in [0, 0.1) is 0 Å². The van der Waals surface area contributed by atoms with Crippen LogP contribution in [0.15, 0.2) is 78.2 Å². The number of nitrogens with zero attached hydrogens (tertiary/aromatic N) is 3. The van der Waals surface area contributed by atoms with Gasteiger partial charge in [0.15, 0.2) is 0 Å². The molecule has 36 heavy (non-hydrogen) atoms. The van der Waals surface area contributed by atoms with Crippen LogP contribution in [0.1, 0.15) is 22.6 Å². The van der Waals surface area contributed by atoms with Gasteiger partial charge < -0.3 is 5.73 Å². The number of aromatic nitrogens is 3. The molecule has 1 atom stereocenters. The maximum absolute atomic E-state index is 13.4. The zero-order valence-electron chi connectivity index (χ0n) is 18.1. The summed E-state index contributed by atoms with van der Waals surface area (Å²) in [6, 6.07) is 11.2. The number of carbonyl (C=O) groups is 1. The van der Waals surface area contributed by atoms with Gasteiger partial charge in [0, 0.05) is 34.7 Å². The lowest BCUT2D eigenvalue weighted by Crippen LogP contribution is -2.24. The number of halogens is 4. The second kappa shape index (κ2) is 9.37. The first kappa shape index (κ1) is 25.4. The normalized spacial score (nSPS) is 12.9. The summed E-state index contributed by atoms with van der Waals surface area (Å²) in [4.78, 5) is 15.6. The number of primary amides is 1. The maximum Gasteiger partial charge on any atom is 0.417 e. The number of sulfonamides is 1. The average Bonchev–Trinajstić information content (AvgIpc) is 3.29. The third kappa shape index (κ3) is 4.96. The van der Waals surface area contributed by atoms with Crippen molar-refractivity contribution < 1.29 is 26.4 Å². The number of primary sulfonamides is 1. The van der Waals surface area contributed by atoms with E-state index < -0.39 is 38.5 Å². The fourth-order valence-corrected chi connectivity index (χ4v) is 4.80. The molecule has 0 spiro atoms. The van der Waals surface area contributed by atoms with Crippen LogP contribution in [0.2, 0.25) is 5.02 Å². The highest BCUT2D eigenvalue weighted by molar-refractivity contribution is 7.89. The molecule has 4 N–H and O–H groups in total. The van der Waals surface area contributed by atoms with Crippen LogP contribution >= 0.6 is 11.6 Å². The van der Waals surface area contributed by atoms with Crippen molar-refractivity contribution in [3.63, 3.8) is 0 Å². The summed E-state index contributed by atoms with van der Waals surface area (Å²) < 4.78 is 66.3. The predicted molar refractivity (Wildman–Crippen MR) is 126 cm³/mol. The first-order chi connectivity index (χ1) is 16.9. The number of hydrogen-bond donors (Lipinski definition) is 2. The molecular weight excluding hydrogens is 519 g/mol. The lowest BCUT2D eigenvalue weighted by molar-refractivity contribution is -0.137. The number of hydrogen-bond acceptors (Lipinski definition) is 5. The van der Waals surface area contributed by atoms with E-state index in [1.54, 1.807) is 24.3 Å². The molecule has 0 aliphatic heterocycles. The molecule has 0 fully saturated rings. The molecule has 8 nitrogen and oxygen atoms in total. The summed E-state index contributed by atoms with van der Waals surface area (Å²) in [5.41, 5.74) is 4.99. The average molecular weight is 536 g/mol. The molecule has 0 aliphatic rings. The van der Waals surface area contributed by atoms with Crippen molar-refractivity contribution in [2.75, 3.05) is 0 Å². The molecule has 1 unspecified atom stereocenters. The van der Waals surface area contributed by atoms with Gasteiger partial charge in [-0.25, -0.2) is 18.2 Å². The number of pyridine rings is 1. The number of alkyl halides is 3. The maximum atomic E-state index is 13.4. The molecule has 13 heteroatoms. The number of benzene rings is 2. The van der Waals surface area contributed by atoms with Crippen molar-refractivity contribution in [3.05, 3.63) is 95.0 Å². The summed E-state index contributed by atoms with van der Waals surface area (Å²) >= 11 is 6.23. The smallest absolute Gasteiger partial charge is 0.369 e. The van der Waals surface area contributed by atoms with Crippen LogP contribution in [0.25, 0.3) is 16.8 Å². The molecule has 2 aromatic carbocycles. The zero-order chi connectivity index (χ0) is 26.3. The van der Waals surface area contributed by atoms with Crippen molar-refractivity contribution in [2.45, 2.75) is 17.0 Å². The van der Waals surface area contributed by atoms with Gasteiger partial charge in [-0.15, -0.1) is 0 Å². The Balaban J connectivity index is 1.85. The zero-order valence-corrected chi connectivity index (χ0v) is 19.7. The van der Waals surface area contributed by atoms with Crippen molar-refractivity contribution >= 4 is 27.5 Å². The minimum absolute atomic E-state index is 0.0472. The van der Waals surface area contributed by atoms with Gasteiger partial charge >= 0.3 is 6.18 Å². The second-order valence-electron chi connectivity index (χ2n) is 7.72. The highest BCUT2D eigenvalue weighted by atomic mass is 35.5. The largest absolute Gasteiger partial charge is 0.417 e. The van der Waals surface area contributed by atoms with Crippen LogP contribution < -0.4 is 10.9 Å². The molecule has 0 aliphatic carbocycles. The Kier molecular flexibility index (Phi) is 6.60. The Morgan fingerprint density at radius 2 is 1.81 bits per heavy atom. The van der Waals surface area contributed by atoms with Crippen LogP contribution in [-0.2, 0) is 21.0 Å². The number of carbonyl (C=O) groups excluding carboxylic acids is 1. The van der Waals surface area contributed by atoms with E-state index in [-0.39, 0.29) is 27.4 Å². The van der Waals surface area contributed by atoms with E-state index >= 15 is 0 Å². The standard InChI is InChI=1S/C23H17ClF3N5O3S/c24-18-4-2-1-3-15(18)21(22(28)33)13-5-6-19(20(9-13)36(29,34)35)32-12-14(10-31-32)16-11-30-8-7-17(16)23(25,26)27/h1-12,21H,(H2,28,33)(H2,29,34,35). The van der Waals surface area contributed by atoms with E-state index in [0.717, 1.165) is 35.4 Å². The van der Waals surface area contributed by atoms with Crippen LogP contribution in [0.3, 0.4) is 0 Å². The Hall–Kier alpha value is -3.74. The monoisotopic (exact) mass is 535 g/mol. The van der Waals surface area contributed by atoms with Crippen LogP contribution in [0.5, 0.6) is 0 Å². The van der Waals surface area contributed by atoms with Crippen molar-refractivity contribution in [1.29, 1.82) is 0 Å². The molecule has 1 amide bonds. The van der Waals surface area contributed by atoms with Gasteiger partial charge in [-0.2, -0.15) is 18.3 Å². The van der Waals surface area contributed by atoms with Crippen molar-refractivity contribution in [2.24, 2.45) is 10.9 Å². The van der Waals surface area contributed by atoms with E-state index in [1.165, 1.54) is 18.3 Å². The Bertz CT molecular complexity index is 1570. The third-order valence-corrected chi connectivity index (χ3v) is 6.68. The summed E-state index contributed by atoms with van der Waals surface area (Å²) in [6.07, 6.45) is -0.230. The molecule has 2 heterocycles. The van der Waals surface area contributed by atoms with Crippen LogP contribution in [0.4, 0.5) is 13.2 Å². The first-order valence-corrected chi connectivity index (χ1v) is 12.1. The van der Waals surface area contributed by atoms with Gasteiger partial charge in [0.2, 0.25) is 15.9 Å². The molecular formula is C23H17ClF3N5O3S. The Morgan fingerprint density at radius 3 is 2.44 bits per heavy atom. The second-order valence-corrected chi connectivity index (χ2v) is 9.66. The van der Waals surface area contributed by atoms with Gasteiger partial charge in [-0.1, -0.05) is 35.9 Å². The van der Waals surface area contributed by atoms with Gasteiger partial charge in [0.05, 0.1) is 23.4 Å². The topological polar surface area (TPSA) is 134 Å². The van der Waals surface area contributed by atoms with Gasteiger partial charge in [-0.05, 0) is 35.4 Å². The van der Waals surface area contributed by atoms with Crippen molar-refractivity contribution in [1.82, 2.24) is 14.8 Å². The highest BCUT2D eigenvalue weighted by Crippen LogP contribution is 2.37. The molecule has 0 saturated heterocycles. The number of amides is 1. The molecule has 186 valence electrons. The molecule has 0 saturated carbocycles. The molecule has 0 radical (unpaired) electrons. The van der Waals surface area contributed by atoms with Gasteiger partial charge in [0.25, 0.3) is 0 Å². The molecule has 4 aromatic rings. The predicted octanol–water partition coefficient (Wildman–Crippen LogP) is 3.87. The van der Waals surface area contributed by atoms with E-state index in [1.807, 2.05) is 0 Å². The summed E-state index contributed by atoms with van der Waals surface area (Å²) in [5, 5.41) is 9.72. The molecule has 0 bridgehead atoms. The molecule has 4 rings (SSSR count). The van der Waals surface area contributed by atoms with E-state index in [9.17, 15) is 26.4 Å². The van der Waals surface area contributed by atoms with E-state index in [0.29, 0.717) is 5.56 Å². The molecule has 2 aromatic heterocycles. The van der Waals surface area contributed by atoms with Gasteiger partial charge in [0.1, 0.15) is 4.90 Å². The lowest BCUT2D eigenvalue weighted by Gasteiger charge is -2.18. The van der Waals surface area contributed by atoms with Gasteiger partial charge in [-0.3, -0.25) is 9.78 Å². The van der Waals surface area contributed by atoms with E-state index in [4.69, 9.17) is 22.5 Å². The minimum atomic E-state index is -4.64. The SMILES string of the molecule is NC(=O)C(c1ccc(-n2cc(-c3cnccc3C(F)(F)F)cn2)c(S(N)(=O)=O)c1)c1ccccc1Cl. The number of nitrogens with two attached hydrogens (primary N) is 2. The summed E-state index contributed by atoms with van der Waals surface area (Å²) in [6.45, 7) is 0. The van der Waals surface area contributed by atoms with Crippen molar-refractivity contribution in [3.8, 4) is 16.8 Å². The Morgan fingerprint density at radius 1 is 1.08 bits per heavy atom. The summed E-state index contributed by atoms with van der Waals surface area (Å²) in [7, 11) is -4.38. The fraction of sp³-hybridized carbons (Fsp3) is 0.0870.